The highest BCUT2D eigenvalue weighted by molar-refractivity contribution is 5.99. The molecule has 1 aromatic carbocycles. The summed E-state index contributed by atoms with van der Waals surface area (Å²) in [6.45, 7) is 5.63. The average Bonchev–Trinajstić information content (AvgIpc) is 2.46. The summed E-state index contributed by atoms with van der Waals surface area (Å²) >= 11 is 0. The predicted molar refractivity (Wildman–Crippen MR) is 77.3 cm³/mol. The minimum absolute atomic E-state index is 0.180. The molecule has 4 N–H and O–H groups in total. The van der Waals surface area contributed by atoms with Gasteiger partial charge in [0.05, 0.1) is 16.7 Å². The zero-order chi connectivity index (χ0) is 16.2. The van der Waals surface area contributed by atoms with Crippen molar-refractivity contribution in [1.29, 1.82) is 0 Å². The summed E-state index contributed by atoms with van der Waals surface area (Å²) < 4.78 is 13.5. The number of hydrogen-bond acceptors (Lipinski definition) is 5. The Kier molecular flexibility index (Phi) is 5.20. The maximum absolute atomic E-state index is 13.5. The van der Waals surface area contributed by atoms with Gasteiger partial charge in [0.15, 0.2) is 5.82 Å². The van der Waals surface area contributed by atoms with Crippen LogP contribution >= 0.6 is 0 Å². The number of benzene rings is 1. The third kappa shape index (κ3) is 3.66. The molecule has 0 heterocycles. The molecule has 0 radical (unpaired) electrons. The van der Waals surface area contributed by atoms with Gasteiger partial charge < -0.3 is 10.7 Å². The second-order valence-corrected chi connectivity index (χ2v) is 4.97. The summed E-state index contributed by atoms with van der Waals surface area (Å²) in [5.74, 6) is 3.61. The number of hydrogen-bond donors (Lipinski definition) is 3. The van der Waals surface area contributed by atoms with Gasteiger partial charge in [-0.25, -0.2) is 4.39 Å². The van der Waals surface area contributed by atoms with E-state index in [0.29, 0.717) is 18.9 Å². The SMILES string of the molecule is CCC(C)(CC)NC(=O)c1cc(NN)c(F)cc1[N+](=O)[O-]. The number of nitrogen functional groups attached to an aromatic ring is 1. The highest BCUT2D eigenvalue weighted by Crippen LogP contribution is 2.26. The molecule has 0 bridgehead atoms. The Labute approximate surface area is 121 Å². The van der Waals surface area contributed by atoms with Gasteiger partial charge in [0.1, 0.15) is 5.56 Å². The third-order valence-corrected chi connectivity index (χ3v) is 3.66. The van der Waals surface area contributed by atoms with Crippen LogP contribution < -0.4 is 16.6 Å². The van der Waals surface area contributed by atoms with E-state index in [4.69, 9.17) is 5.84 Å². The van der Waals surface area contributed by atoms with Crippen molar-refractivity contribution in [2.75, 3.05) is 5.43 Å². The van der Waals surface area contributed by atoms with E-state index in [0.717, 1.165) is 6.07 Å². The number of nitrogens with zero attached hydrogens (tertiary/aromatic N) is 1. The number of nitrogens with two attached hydrogens (primary N) is 1. The van der Waals surface area contributed by atoms with E-state index in [9.17, 15) is 19.3 Å². The van der Waals surface area contributed by atoms with E-state index >= 15 is 0 Å². The monoisotopic (exact) mass is 298 g/mol. The summed E-state index contributed by atoms with van der Waals surface area (Å²) in [7, 11) is 0. The molecule has 0 spiro atoms. The van der Waals surface area contributed by atoms with Gasteiger partial charge >= 0.3 is 0 Å². The van der Waals surface area contributed by atoms with Crippen molar-refractivity contribution in [2.45, 2.75) is 39.2 Å². The molecule has 8 heteroatoms. The molecule has 0 saturated carbocycles. The Morgan fingerprint density at radius 2 is 2.00 bits per heavy atom. The molecule has 1 aromatic rings. The first-order valence-electron chi connectivity index (χ1n) is 6.55. The lowest BCUT2D eigenvalue weighted by molar-refractivity contribution is -0.385. The van der Waals surface area contributed by atoms with Gasteiger partial charge in [0.25, 0.3) is 11.6 Å². The lowest BCUT2D eigenvalue weighted by Gasteiger charge is -2.28. The normalized spacial score (nSPS) is 11.1. The van der Waals surface area contributed by atoms with Crippen molar-refractivity contribution in [3.63, 3.8) is 0 Å². The van der Waals surface area contributed by atoms with Crippen LogP contribution in [0.25, 0.3) is 0 Å². The fraction of sp³-hybridized carbons (Fsp3) is 0.462. The molecule has 0 unspecified atom stereocenters. The Morgan fingerprint density at radius 1 is 1.43 bits per heavy atom. The van der Waals surface area contributed by atoms with Gasteiger partial charge in [-0.05, 0) is 25.8 Å². The summed E-state index contributed by atoms with van der Waals surface area (Å²) in [4.78, 5) is 22.5. The first kappa shape index (κ1) is 16.8. The van der Waals surface area contributed by atoms with Crippen LogP contribution in [0.3, 0.4) is 0 Å². The molecule has 0 saturated heterocycles. The number of anilines is 1. The zero-order valence-corrected chi connectivity index (χ0v) is 12.2. The number of amides is 1. The summed E-state index contributed by atoms with van der Waals surface area (Å²) in [5.41, 5.74) is 0.567. The van der Waals surface area contributed by atoms with E-state index in [-0.39, 0.29) is 11.3 Å². The first-order valence-corrected chi connectivity index (χ1v) is 6.55. The Hall–Kier alpha value is -2.22. The highest BCUT2D eigenvalue weighted by atomic mass is 19.1. The highest BCUT2D eigenvalue weighted by Gasteiger charge is 2.28. The first-order chi connectivity index (χ1) is 9.77. The number of carbonyl (C=O) groups is 1. The number of nitro benzene ring substituents is 1. The minimum atomic E-state index is -0.894. The lowest BCUT2D eigenvalue weighted by Crippen LogP contribution is -2.45. The van der Waals surface area contributed by atoms with Crippen LogP contribution in [0.2, 0.25) is 0 Å². The average molecular weight is 298 g/mol. The fourth-order valence-corrected chi connectivity index (χ4v) is 1.77. The molecule has 0 atom stereocenters. The number of rotatable bonds is 6. The van der Waals surface area contributed by atoms with E-state index < -0.39 is 27.9 Å². The van der Waals surface area contributed by atoms with Crippen LogP contribution in [0.4, 0.5) is 15.8 Å². The van der Waals surface area contributed by atoms with Crippen molar-refractivity contribution in [1.82, 2.24) is 5.32 Å². The largest absolute Gasteiger partial charge is 0.347 e. The van der Waals surface area contributed by atoms with Crippen LogP contribution in [0.15, 0.2) is 12.1 Å². The summed E-state index contributed by atoms with van der Waals surface area (Å²) in [5, 5.41) is 13.7. The van der Waals surface area contributed by atoms with Crippen LogP contribution in [0.1, 0.15) is 44.0 Å². The van der Waals surface area contributed by atoms with E-state index in [1.807, 2.05) is 20.8 Å². The maximum atomic E-state index is 13.5. The van der Waals surface area contributed by atoms with Crippen LogP contribution in [-0.2, 0) is 0 Å². The Morgan fingerprint density at radius 3 is 2.43 bits per heavy atom. The predicted octanol–water partition coefficient (Wildman–Crippen LogP) is 2.33. The number of carbonyl (C=O) groups excluding carboxylic acids is 1. The molecule has 0 aliphatic rings. The van der Waals surface area contributed by atoms with Crippen molar-refractivity contribution >= 4 is 17.3 Å². The second kappa shape index (κ2) is 6.49. The summed E-state index contributed by atoms with van der Waals surface area (Å²) in [6.07, 6.45) is 1.32. The van der Waals surface area contributed by atoms with E-state index in [1.54, 1.807) is 0 Å². The topological polar surface area (TPSA) is 110 Å². The molecule has 1 rings (SSSR count). The van der Waals surface area contributed by atoms with E-state index in [1.165, 1.54) is 0 Å². The maximum Gasteiger partial charge on any atom is 0.285 e. The molecule has 0 fully saturated rings. The van der Waals surface area contributed by atoms with Crippen molar-refractivity contribution in [3.05, 3.63) is 33.6 Å². The molecule has 0 aromatic heterocycles. The van der Waals surface area contributed by atoms with Gasteiger partial charge in [-0.3, -0.25) is 20.8 Å². The minimum Gasteiger partial charge on any atom is -0.347 e. The summed E-state index contributed by atoms with van der Waals surface area (Å²) in [6, 6.07) is 1.72. The quantitative estimate of drug-likeness (QED) is 0.424. The molecule has 0 aliphatic carbocycles. The third-order valence-electron chi connectivity index (χ3n) is 3.66. The van der Waals surface area contributed by atoms with Crippen LogP contribution in [0.5, 0.6) is 0 Å². The number of nitrogens with one attached hydrogen (secondary N) is 2. The van der Waals surface area contributed by atoms with E-state index in [2.05, 4.69) is 10.7 Å². The standard InChI is InChI=1S/C13H19FN4O3/c1-4-13(3,5-2)16-12(19)8-6-10(17-15)9(14)7-11(8)18(20)21/h6-7,17H,4-5,15H2,1-3H3,(H,16,19). The number of nitro groups is 1. The van der Waals surface area contributed by atoms with Crippen LogP contribution in [0, 0.1) is 15.9 Å². The zero-order valence-electron chi connectivity index (χ0n) is 12.2. The van der Waals surface area contributed by atoms with Gasteiger partial charge in [0.2, 0.25) is 0 Å². The molecular weight excluding hydrogens is 279 g/mol. The molecule has 116 valence electrons. The van der Waals surface area contributed by atoms with Gasteiger partial charge in [0, 0.05) is 5.54 Å². The number of hydrazine groups is 1. The smallest absolute Gasteiger partial charge is 0.285 e. The molecule has 21 heavy (non-hydrogen) atoms. The molecular formula is C13H19FN4O3. The van der Waals surface area contributed by atoms with Crippen molar-refractivity contribution < 1.29 is 14.1 Å². The molecule has 1 amide bonds. The van der Waals surface area contributed by atoms with Crippen molar-refractivity contribution in [2.24, 2.45) is 5.84 Å². The van der Waals surface area contributed by atoms with Crippen molar-refractivity contribution in [3.8, 4) is 0 Å². The lowest BCUT2D eigenvalue weighted by atomic mass is 9.95. The van der Waals surface area contributed by atoms with Gasteiger partial charge in [-0.2, -0.15) is 0 Å². The second-order valence-electron chi connectivity index (χ2n) is 4.97. The number of halogens is 1. The molecule has 0 aliphatic heterocycles. The van der Waals surface area contributed by atoms with Gasteiger partial charge in [-0.15, -0.1) is 0 Å². The Bertz CT molecular complexity index is 559. The van der Waals surface area contributed by atoms with Gasteiger partial charge in [-0.1, -0.05) is 13.8 Å². The fourth-order valence-electron chi connectivity index (χ4n) is 1.77. The van der Waals surface area contributed by atoms with Crippen LogP contribution in [-0.4, -0.2) is 16.4 Å². The molecule has 7 nitrogen and oxygen atoms in total. The Balaban J connectivity index is 3.27.